The second-order valence-electron chi connectivity index (χ2n) is 5.40. The predicted octanol–water partition coefficient (Wildman–Crippen LogP) is 2.23. The third kappa shape index (κ3) is 3.93. The molecule has 7 heteroatoms. The van der Waals surface area contributed by atoms with Crippen LogP contribution in [0.1, 0.15) is 28.8 Å². The fraction of sp³-hybridized carbons (Fsp3) is 0.375. The Morgan fingerprint density at radius 2 is 1.87 bits per heavy atom. The van der Waals surface area contributed by atoms with Gasteiger partial charge in [-0.05, 0) is 56.2 Å². The van der Waals surface area contributed by atoms with Crippen molar-refractivity contribution in [1.82, 2.24) is 4.72 Å². The van der Waals surface area contributed by atoms with Crippen molar-refractivity contribution in [2.45, 2.75) is 31.8 Å². The molecule has 0 aliphatic rings. The largest absolute Gasteiger partial charge is 0.495 e. The van der Waals surface area contributed by atoms with Gasteiger partial charge in [0, 0.05) is 6.54 Å². The van der Waals surface area contributed by atoms with Crippen molar-refractivity contribution in [2.75, 3.05) is 13.7 Å². The minimum atomic E-state index is -3.82. The minimum Gasteiger partial charge on any atom is -0.495 e. The highest BCUT2D eigenvalue weighted by molar-refractivity contribution is 7.89. The fourth-order valence-corrected chi connectivity index (χ4v) is 3.40. The van der Waals surface area contributed by atoms with E-state index >= 15 is 0 Å². The summed E-state index contributed by atoms with van der Waals surface area (Å²) >= 11 is 0. The van der Waals surface area contributed by atoms with Gasteiger partial charge in [0.2, 0.25) is 10.0 Å². The van der Waals surface area contributed by atoms with Crippen LogP contribution < -0.4 is 9.46 Å². The Hall–Kier alpha value is -1.83. The van der Waals surface area contributed by atoms with Crippen LogP contribution in [-0.2, 0) is 10.0 Å². The van der Waals surface area contributed by atoms with Crippen LogP contribution in [0.2, 0.25) is 0 Å². The Bertz CT molecular complexity index is 795. The maximum atomic E-state index is 12.5. The summed E-state index contributed by atoms with van der Waals surface area (Å²) < 4.78 is 37.8. The molecule has 0 saturated heterocycles. The first-order valence-corrected chi connectivity index (χ1v) is 8.62. The fourth-order valence-electron chi connectivity index (χ4n) is 2.13. The third-order valence-corrected chi connectivity index (χ3v) is 5.07. The predicted molar refractivity (Wildman–Crippen MR) is 86.1 cm³/mol. The quantitative estimate of drug-likeness (QED) is 0.842. The van der Waals surface area contributed by atoms with Crippen LogP contribution in [0.15, 0.2) is 33.6 Å². The van der Waals surface area contributed by atoms with E-state index in [-0.39, 0.29) is 17.2 Å². The van der Waals surface area contributed by atoms with Crippen LogP contribution in [0, 0.1) is 20.8 Å². The summed E-state index contributed by atoms with van der Waals surface area (Å²) in [6.45, 7) is 5.27. The molecule has 0 amide bonds. The van der Waals surface area contributed by atoms with Gasteiger partial charge in [0.15, 0.2) is 0 Å². The molecule has 1 atom stereocenters. The maximum Gasteiger partial charge on any atom is 0.244 e. The molecule has 126 valence electrons. The lowest BCUT2D eigenvalue weighted by molar-refractivity contribution is 0.152. The number of sulfonamides is 1. The van der Waals surface area contributed by atoms with Crippen molar-refractivity contribution in [3.63, 3.8) is 0 Å². The number of furan rings is 1. The van der Waals surface area contributed by atoms with Crippen LogP contribution in [0.4, 0.5) is 0 Å². The van der Waals surface area contributed by atoms with E-state index in [1.165, 1.54) is 7.11 Å². The van der Waals surface area contributed by atoms with Crippen LogP contribution in [0.25, 0.3) is 0 Å². The van der Waals surface area contributed by atoms with Gasteiger partial charge in [0.25, 0.3) is 0 Å². The number of hydrogen-bond donors (Lipinski definition) is 2. The van der Waals surface area contributed by atoms with Crippen molar-refractivity contribution in [1.29, 1.82) is 0 Å². The van der Waals surface area contributed by atoms with Crippen molar-refractivity contribution >= 4 is 10.0 Å². The normalized spacial score (nSPS) is 13.1. The average Bonchev–Trinajstić information content (AvgIpc) is 2.93. The molecule has 0 radical (unpaired) electrons. The number of methoxy groups -OCH3 is 1. The number of hydrogen-bond acceptors (Lipinski definition) is 5. The summed E-state index contributed by atoms with van der Waals surface area (Å²) in [5, 5.41) is 10.0. The van der Waals surface area contributed by atoms with E-state index in [9.17, 15) is 13.5 Å². The average molecular weight is 339 g/mol. The molecule has 0 aliphatic heterocycles. The summed E-state index contributed by atoms with van der Waals surface area (Å²) in [7, 11) is -2.39. The number of rotatable bonds is 6. The number of aliphatic hydroxyl groups is 1. The molecule has 1 aromatic heterocycles. The molecular formula is C16H21NO5S. The molecule has 0 bridgehead atoms. The Morgan fingerprint density at radius 1 is 1.22 bits per heavy atom. The molecule has 1 unspecified atom stereocenters. The zero-order valence-electron chi connectivity index (χ0n) is 13.6. The molecule has 2 rings (SSSR count). The van der Waals surface area contributed by atoms with E-state index in [1.54, 1.807) is 31.2 Å². The lowest BCUT2D eigenvalue weighted by Gasteiger charge is -2.14. The lowest BCUT2D eigenvalue weighted by Crippen LogP contribution is -2.29. The standard InChI is InChI=1S/C16H21NO5S/c1-10-7-15(21-4)16(8-11(10)2)23(19,20)17-9-13(18)14-6-5-12(3)22-14/h5-8,13,17-18H,9H2,1-4H3. The molecule has 1 heterocycles. The summed E-state index contributed by atoms with van der Waals surface area (Å²) in [6.07, 6.45) is -1.06. The SMILES string of the molecule is COc1cc(C)c(C)cc1S(=O)(=O)NCC(O)c1ccc(C)o1. The third-order valence-electron chi connectivity index (χ3n) is 3.63. The van der Waals surface area contributed by atoms with Crippen molar-refractivity contribution in [2.24, 2.45) is 0 Å². The summed E-state index contributed by atoms with van der Waals surface area (Å²) in [5.74, 6) is 1.24. The molecule has 0 aliphatic carbocycles. The van der Waals surface area contributed by atoms with E-state index in [0.29, 0.717) is 11.5 Å². The summed E-state index contributed by atoms with van der Waals surface area (Å²) in [6, 6.07) is 6.56. The highest BCUT2D eigenvalue weighted by Gasteiger charge is 2.22. The van der Waals surface area contributed by atoms with E-state index in [4.69, 9.17) is 9.15 Å². The molecule has 2 aromatic rings. The van der Waals surface area contributed by atoms with Gasteiger partial charge in [-0.1, -0.05) is 0 Å². The first-order chi connectivity index (χ1) is 10.7. The van der Waals surface area contributed by atoms with E-state index < -0.39 is 16.1 Å². The number of aryl methyl sites for hydroxylation is 3. The molecule has 0 fully saturated rings. The van der Waals surface area contributed by atoms with E-state index in [1.807, 2.05) is 13.8 Å². The number of aliphatic hydroxyl groups excluding tert-OH is 1. The Morgan fingerprint density at radius 3 is 2.43 bits per heavy atom. The molecule has 2 N–H and O–H groups in total. The highest BCUT2D eigenvalue weighted by atomic mass is 32.2. The van der Waals surface area contributed by atoms with Crippen molar-refractivity contribution in [3.8, 4) is 5.75 Å². The van der Waals surface area contributed by atoms with Gasteiger partial charge in [-0.2, -0.15) is 0 Å². The van der Waals surface area contributed by atoms with Crippen molar-refractivity contribution in [3.05, 3.63) is 46.9 Å². The van der Waals surface area contributed by atoms with Gasteiger partial charge >= 0.3 is 0 Å². The highest BCUT2D eigenvalue weighted by Crippen LogP contribution is 2.27. The maximum absolute atomic E-state index is 12.5. The zero-order valence-corrected chi connectivity index (χ0v) is 14.4. The Labute approximate surface area is 136 Å². The summed E-state index contributed by atoms with van der Waals surface area (Å²) in [4.78, 5) is 0.0472. The Balaban J connectivity index is 2.20. The monoisotopic (exact) mass is 339 g/mol. The van der Waals surface area contributed by atoms with Gasteiger partial charge in [0.1, 0.15) is 28.3 Å². The number of ether oxygens (including phenoxy) is 1. The Kier molecular flexibility index (Phi) is 5.13. The molecule has 23 heavy (non-hydrogen) atoms. The van der Waals surface area contributed by atoms with E-state index in [2.05, 4.69) is 4.72 Å². The first-order valence-electron chi connectivity index (χ1n) is 7.14. The zero-order chi connectivity index (χ0) is 17.2. The van der Waals surface area contributed by atoms with Gasteiger partial charge in [-0.3, -0.25) is 0 Å². The van der Waals surface area contributed by atoms with Crippen LogP contribution in [0.3, 0.4) is 0 Å². The van der Waals surface area contributed by atoms with E-state index in [0.717, 1.165) is 11.1 Å². The van der Waals surface area contributed by atoms with Gasteiger partial charge in [0.05, 0.1) is 7.11 Å². The second-order valence-corrected chi connectivity index (χ2v) is 7.14. The van der Waals surface area contributed by atoms with Gasteiger partial charge in [-0.15, -0.1) is 0 Å². The summed E-state index contributed by atoms with van der Waals surface area (Å²) in [5.41, 5.74) is 1.78. The first kappa shape index (κ1) is 17.5. The van der Waals surface area contributed by atoms with Crippen LogP contribution in [-0.4, -0.2) is 27.2 Å². The molecule has 1 aromatic carbocycles. The van der Waals surface area contributed by atoms with Gasteiger partial charge < -0.3 is 14.3 Å². The van der Waals surface area contributed by atoms with Crippen LogP contribution >= 0.6 is 0 Å². The number of benzene rings is 1. The van der Waals surface area contributed by atoms with Crippen LogP contribution in [0.5, 0.6) is 5.75 Å². The molecule has 0 saturated carbocycles. The van der Waals surface area contributed by atoms with Gasteiger partial charge in [-0.25, -0.2) is 13.1 Å². The molecule has 6 nitrogen and oxygen atoms in total. The molecule has 0 spiro atoms. The topological polar surface area (TPSA) is 88.8 Å². The molecular weight excluding hydrogens is 318 g/mol. The second kappa shape index (κ2) is 6.74. The lowest BCUT2D eigenvalue weighted by atomic mass is 10.1. The smallest absolute Gasteiger partial charge is 0.244 e. The van der Waals surface area contributed by atoms with Crippen molar-refractivity contribution < 1.29 is 22.7 Å². The minimum absolute atomic E-state index is 0.0472. The number of nitrogens with one attached hydrogen (secondary N) is 1.